The number of carboxylic acids is 1. The summed E-state index contributed by atoms with van der Waals surface area (Å²) in [6.07, 6.45) is 2.86. The van der Waals surface area contributed by atoms with E-state index in [0.29, 0.717) is 83.0 Å². The van der Waals surface area contributed by atoms with Gasteiger partial charge < -0.3 is 24.6 Å². The second-order valence-electron chi connectivity index (χ2n) is 11.9. The summed E-state index contributed by atoms with van der Waals surface area (Å²) in [7, 11) is 1.59. The molecule has 0 spiro atoms. The van der Waals surface area contributed by atoms with Gasteiger partial charge in [-0.1, -0.05) is 0 Å². The number of morpholine rings is 1. The molecule has 11 heteroatoms. The zero-order chi connectivity index (χ0) is 31.3. The second-order valence-corrected chi connectivity index (χ2v) is 11.9. The van der Waals surface area contributed by atoms with Crippen molar-refractivity contribution in [1.29, 1.82) is 0 Å². The summed E-state index contributed by atoms with van der Waals surface area (Å²) in [6, 6.07) is 6.93. The van der Waals surface area contributed by atoms with E-state index >= 15 is 0 Å². The molecule has 0 bridgehead atoms. The van der Waals surface area contributed by atoms with Crippen LogP contribution in [0, 0.1) is 22.9 Å². The molecule has 2 aliphatic rings. The Balaban J connectivity index is 1.25. The Hall–Kier alpha value is -3.25. The first-order chi connectivity index (χ1) is 21.2. The topological polar surface area (TPSA) is 95.4 Å². The van der Waals surface area contributed by atoms with Crippen LogP contribution in [0.15, 0.2) is 36.5 Å². The number of aliphatic hydroxyl groups is 1. The first-order valence-electron chi connectivity index (χ1n) is 15.2. The van der Waals surface area contributed by atoms with E-state index in [9.17, 15) is 28.2 Å². The maximum Gasteiger partial charge on any atom is 0.309 e. The van der Waals surface area contributed by atoms with Gasteiger partial charge in [0.25, 0.3) is 0 Å². The lowest BCUT2D eigenvalue weighted by Crippen LogP contribution is -2.45. The molecule has 3 aromatic rings. The second kappa shape index (κ2) is 14.2. The highest BCUT2D eigenvalue weighted by Gasteiger charge is 2.41. The number of ether oxygens (including phenoxy) is 2. The first-order valence-corrected chi connectivity index (χ1v) is 15.2. The van der Waals surface area contributed by atoms with E-state index in [2.05, 4.69) is 14.8 Å². The molecule has 2 saturated heterocycles. The number of halogens is 3. The number of fused-ring (bicyclic) bond motifs is 1. The Morgan fingerprint density at radius 1 is 1.07 bits per heavy atom. The van der Waals surface area contributed by atoms with Crippen LogP contribution in [0.2, 0.25) is 0 Å². The smallest absolute Gasteiger partial charge is 0.309 e. The molecule has 1 atom stereocenters. The van der Waals surface area contributed by atoms with Crippen LogP contribution >= 0.6 is 0 Å². The lowest BCUT2D eigenvalue weighted by molar-refractivity contribution is -0.153. The number of carboxylic acid groups (broad SMARTS) is 1. The van der Waals surface area contributed by atoms with Crippen molar-refractivity contribution >= 4 is 16.9 Å². The molecule has 0 amide bonds. The summed E-state index contributed by atoms with van der Waals surface area (Å²) in [5.74, 6) is -2.96. The van der Waals surface area contributed by atoms with Gasteiger partial charge in [0.2, 0.25) is 0 Å². The number of aliphatic carboxylic acids is 1. The van der Waals surface area contributed by atoms with Crippen molar-refractivity contribution in [2.75, 3.05) is 53.0 Å². The summed E-state index contributed by atoms with van der Waals surface area (Å²) in [5.41, 5.74) is 1.25. The lowest BCUT2D eigenvalue weighted by Gasteiger charge is -2.39. The number of nitrogens with zero attached hydrogens (tertiary/aromatic N) is 3. The van der Waals surface area contributed by atoms with Crippen molar-refractivity contribution < 1.29 is 37.7 Å². The van der Waals surface area contributed by atoms with Crippen LogP contribution in [0.25, 0.3) is 10.9 Å². The molecule has 0 radical (unpaired) electrons. The van der Waals surface area contributed by atoms with Crippen molar-refractivity contribution in [1.82, 2.24) is 14.8 Å². The Kier molecular flexibility index (Phi) is 10.4. The maximum atomic E-state index is 14.0. The Bertz CT molecular complexity index is 1440. The molecule has 3 heterocycles. The minimum absolute atomic E-state index is 0.127. The van der Waals surface area contributed by atoms with Crippen LogP contribution in [-0.2, 0) is 22.5 Å². The highest BCUT2D eigenvalue weighted by molar-refractivity contribution is 5.85. The summed E-state index contributed by atoms with van der Waals surface area (Å²) in [5, 5.41) is 22.8. The van der Waals surface area contributed by atoms with Gasteiger partial charge in [-0.15, -0.1) is 0 Å². The third kappa shape index (κ3) is 7.34. The van der Waals surface area contributed by atoms with E-state index in [0.717, 1.165) is 35.1 Å². The zero-order valence-corrected chi connectivity index (χ0v) is 25.0. The van der Waals surface area contributed by atoms with Crippen molar-refractivity contribution in [2.24, 2.45) is 5.41 Å². The predicted molar refractivity (Wildman–Crippen MR) is 159 cm³/mol. The minimum Gasteiger partial charge on any atom is -0.497 e. The molecule has 5 rings (SSSR count). The number of methoxy groups -OCH3 is 1. The lowest BCUT2D eigenvalue weighted by atomic mass is 9.73. The first kappa shape index (κ1) is 32.2. The molecule has 44 heavy (non-hydrogen) atoms. The fourth-order valence-electron chi connectivity index (χ4n) is 6.50. The van der Waals surface area contributed by atoms with Gasteiger partial charge in [0.15, 0.2) is 0 Å². The van der Waals surface area contributed by atoms with Gasteiger partial charge in [0, 0.05) is 48.9 Å². The number of carbonyl (C=O) groups is 1. The summed E-state index contributed by atoms with van der Waals surface area (Å²) in [6.45, 7) is 5.03. The highest BCUT2D eigenvalue weighted by atomic mass is 19.1. The summed E-state index contributed by atoms with van der Waals surface area (Å²) < 4.78 is 52.2. The van der Waals surface area contributed by atoms with E-state index in [1.807, 2.05) is 18.2 Å². The van der Waals surface area contributed by atoms with Crippen LogP contribution in [0.1, 0.15) is 54.9 Å². The van der Waals surface area contributed by atoms with Gasteiger partial charge in [0.05, 0.1) is 37.4 Å². The molecule has 0 aliphatic carbocycles. The number of aliphatic hydroxyl groups excluding tert-OH is 1. The average molecular weight is 616 g/mol. The molecule has 0 saturated carbocycles. The van der Waals surface area contributed by atoms with Crippen LogP contribution in [0.4, 0.5) is 13.2 Å². The van der Waals surface area contributed by atoms with E-state index in [1.165, 1.54) is 0 Å². The number of benzene rings is 2. The number of aromatic nitrogens is 1. The average Bonchev–Trinajstić information content (AvgIpc) is 3.01. The Labute approximate surface area is 255 Å². The van der Waals surface area contributed by atoms with Crippen LogP contribution < -0.4 is 4.74 Å². The number of rotatable bonds is 12. The van der Waals surface area contributed by atoms with Gasteiger partial charge in [-0.3, -0.25) is 14.7 Å². The Morgan fingerprint density at radius 2 is 1.77 bits per heavy atom. The molecule has 2 aliphatic heterocycles. The molecular formula is C33H40F3N3O5. The molecule has 8 nitrogen and oxygen atoms in total. The molecule has 0 unspecified atom stereocenters. The number of hydrogen-bond donors (Lipinski definition) is 2. The quantitative estimate of drug-likeness (QED) is 0.291. The van der Waals surface area contributed by atoms with Crippen molar-refractivity contribution in [3.63, 3.8) is 0 Å². The van der Waals surface area contributed by atoms with Gasteiger partial charge in [-0.2, -0.15) is 0 Å². The van der Waals surface area contributed by atoms with Crippen molar-refractivity contribution in [3.05, 3.63) is 70.7 Å². The fraction of sp³-hybridized carbons (Fsp3) is 0.515. The largest absolute Gasteiger partial charge is 0.497 e. The van der Waals surface area contributed by atoms with Gasteiger partial charge in [-0.25, -0.2) is 13.2 Å². The molecule has 238 valence electrons. The van der Waals surface area contributed by atoms with Crippen LogP contribution in [0.3, 0.4) is 0 Å². The van der Waals surface area contributed by atoms with Gasteiger partial charge >= 0.3 is 5.97 Å². The predicted octanol–water partition coefficient (Wildman–Crippen LogP) is 5.11. The standard InChI is InChI=1S/C33H40F3N3O5/c1-43-24-4-5-29-26(19-24)31(22(20-37-29)21-39-13-15-44-16-14-39)30(40)6-7-33(32(41)42)8-11-38(12-9-33)10-2-3-25-27(35)17-23(34)18-28(25)36/h4-5,17-20,30,40H,2-3,6-16,21H2,1H3,(H,41,42)/t30-/m0/s1. The van der Waals surface area contributed by atoms with Gasteiger partial charge in [-0.05, 0) is 87.5 Å². The number of piperidine rings is 1. The summed E-state index contributed by atoms with van der Waals surface area (Å²) in [4.78, 5) is 21.6. The molecule has 2 N–H and O–H groups in total. The van der Waals surface area contributed by atoms with Crippen molar-refractivity contribution in [3.8, 4) is 5.75 Å². The van der Waals surface area contributed by atoms with E-state index in [1.54, 1.807) is 13.3 Å². The number of pyridine rings is 1. The third-order valence-corrected chi connectivity index (χ3v) is 9.20. The molecule has 1 aromatic heterocycles. The SMILES string of the molecule is COc1ccc2ncc(CN3CCOCC3)c([C@@H](O)CCC3(C(=O)O)CCN(CCCc4c(F)cc(F)cc4F)CC3)c2c1. The van der Waals surface area contributed by atoms with E-state index in [4.69, 9.17) is 9.47 Å². The number of likely N-dealkylation sites (tertiary alicyclic amines) is 1. The molecule has 2 fully saturated rings. The van der Waals surface area contributed by atoms with Crippen LogP contribution in [0.5, 0.6) is 5.75 Å². The highest BCUT2D eigenvalue weighted by Crippen LogP contribution is 2.40. The van der Waals surface area contributed by atoms with Crippen LogP contribution in [-0.4, -0.2) is 84.0 Å². The summed E-state index contributed by atoms with van der Waals surface area (Å²) >= 11 is 0. The van der Waals surface area contributed by atoms with Gasteiger partial charge in [0.1, 0.15) is 23.2 Å². The minimum atomic E-state index is -0.989. The normalized spacial score (nSPS) is 18.4. The fourth-order valence-corrected chi connectivity index (χ4v) is 6.50. The molecule has 2 aromatic carbocycles. The van der Waals surface area contributed by atoms with E-state index < -0.39 is 34.9 Å². The number of hydrogen-bond acceptors (Lipinski definition) is 7. The molecular weight excluding hydrogens is 575 g/mol. The van der Waals surface area contributed by atoms with E-state index in [-0.39, 0.29) is 18.4 Å². The monoisotopic (exact) mass is 615 g/mol. The van der Waals surface area contributed by atoms with Crippen molar-refractivity contribution in [2.45, 2.75) is 51.2 Å². The Morgan fingerprint density at radius 3 is 2.43 bits per heavy atom. The zero-order valence-electron chi connectivity index (χ0n) is 25.0. The third-order valence-electron chi connectivity index (χ3n) is 9.20. The maximum absolute atomic E-state index is 14.0.